The van der Waals surface area contributed by atoms with E-state index in [1.54, 1.807) is 0 Å². The normalized spacial score (nSPS) is 29.4. The standard InChI is InChI=1S/C28H34N2O2/c1-2-19-4-3-5-21(16-19)22-6-7-24-23(17-22)8-11-28(12-13-28)26(24)29-27(31)32-25-18-30-14-9-20(25)10-15-30/h3-7,16-17,20,25-26H,2,8-15,18H2,1H3,(H,29,31)/t25-,26?/m0/s1. The first-order valence-corrected chi connectivity index (χ1v) is 12.6. The number of hydrogen-bond donors (Lipinski definition) is 1. The van der Waals surface area contributed by atoms with Crippen LogP contribution in [0.4, 0.5) is 4.79 Å². The monoisotopic (exact) mass is 430 g/mol. The average Bonchev–Trinajstić information content (AvgIpc) is 3.62. The number of aryl methyl sites for hydroxylation is 2. The molecule has 4 heteroatoms. The fourth-order valence-electron chi connectivity index (χ4n) is 6.38. The number of amides is 1. The van der Waals surface area contributed by atoms with Crippen molar-refractivity contribution in [2.75, 3.05) is 19.6 Å². The lowest BCUT2D eigenvalue weighted by Gasteiger charge is -2.44. The van der Waals surface area contributed by atoms with Crippen molar-refractivity contribution in [2.45, 2.75) is 64.0 Å². The highest BCUT2D eigenvalue weighted by Crippen LogP contribution is 2.61. The van der Waals surface area contributed by atoms with Crippen molar-refractivity contribution in [2.24, 2.45) is 11.3 Å². The Labute approximate surface area is 191 Å². The summed E-state index contributed by atoms with van der Waals surface area (Å²) in [6.07, 6.45) is 7.89. The van der Waals surface area contributed by atoms with Crippen LogP contribution < -0.4 is 5.32 Å². The van der Waals surface area contributed by atoms with Gasteiger partial charge in [-0.15, -0.1) is 0 Å². The lowest BCUT2D eigenvalue weighted by Crippen LogP contribution is -2.53. The molecule has 2 aromatic carbocycles. The first-order valence-electron chi connectivity index (χ1n) is 12.6. The molecular weight excluding hydrogens is 396 g/mol. The largest absolute Gasteiger partial charge is 0.445 e. The molecule has 1 saturated carbocycles. The van der Waals surface area contributed by atoms with E-state index in [0.29, 0.717) is 5.92 Å². The molecule has 0 aromatic heterocycles. The second kappa shape index (κ2) is 7.91. The van der Waals surface area contributed by atoms with E-state index < -0.39 is 0 Å². The molecule has 168 valence electrons. The molecule has 3 aliphatic heterocycles. The van der Waals surface area contributed by atoms with Crippen LogP contribution in [-0.2, 0) is 17.6 Å². The van der Waals surface area contributed by atoms with Crippen molar-refractivity contribution in [3.63, 3.8) is 0 Å². The number of alkyl carbamates (subject to hydrolysis) is 1. The molecule has 2 aliphatic carbocycles. The molecule has 1 N–H and O–H groups in total. The van der Waals surface area contributed by atoms with Gasteiger partial charge in [-0.1, -0.05) is 49.4 Å². The molecule has 3 heterocycles. The van der Waals surface area contributed by atoms with Gasteiger partial charge in [0.1, 0.15) is 6.10 Å². The highest BCUT2D eigenvalue weighted by molar-refractivity contribution is 5.70. The van der Waals surface area contributed by atoms with Gasteiger partial charge in [0, 0.05) is 6.54 Å². The molecule has 32 heavy (non-hydrogen) atoms. The van der Waals surface area contributed by atoms with Crippen molar-refractivity contribution >= 4 is 6.09 Å². The van der Waals surface area contributed by atoms with Gasteiger partial charge in [-0.05, 0) is 97.2 Å². The third kappa shape index (κ3) is 3.63. The zero-order valence-corrected chi connectivity index (χ0v) is 19.1. The SMILES string of the molecule is CCc1cccc(-c2ccc3c(c2)CCC2(CC2)C3NC(=O)O[C@H]2CN3CCC2CC3)c1. The number of piperidine rings is 3. The Bertz CT molecular complexity index is 1020. The molecule has 0 radical (unpaired) electrons. The van der Waals surface area contributed by atoms with Crippen molar-refractivity contribution in [3.05, 3.63) is 59.2 Å². The minimum Gasteiger partial charge on any atom is -0.445 e. The molecule has 7 rings (SSSR count). The number of hydrogen-bond acceptors (Lipinski definition) is 3. The molecule has 3 saturated heterocycles. The summed E-state index contributed by atoms with van der Waals surface area (Å²) in [7, 11) is 0. The smallest absolute Gasteiger partial charge is 0.407 e. The zero-order valence-electron chi connectivity index (χ0n) is 19.1. The van der Waals surface area contributed by atoms with Gasteiger partial charge in [-0.25, -0.2) is 4.79 Å². The lowest BCUT2D eigenvalue weighted by molar-refractivity contribution is -0.0347. The number of fused-ring (bicyclic) bond motifs is 4. The van der Waals surface area contributed by atoms with Gasteiger partial charge < -0.3 is 10.1 Å². The van der Waals surface area contributed by atoms with Crippen molar-refractivity contribution < 1.29 is 9.53 Å². The summed E-state index contributed by atoms with van der Waals surface area (Å²) in [6, 6.07) is 15.8. The fraction of sp³-hybridized carbons (Fsp3) is 0.536. The summed E-state index contributed by atoms with van der Waals surface area (Å²) in [6.45, 7) is 5.43. The quantitative estimate of drug-likeness (QED) is 0.696. The third-order valence-electron chi connectivity index (χ3n) is 8.64. The minimum absolute atomic E-state index is 0.0592. The van der Waals surface area contributed by atoms with Gasteiger partial charge in [0.2, 0.25) is 0 Å². The van der Waals surface area contributed by atoms with E-state index in [4.69, 9.17) is 4.74 Å². The molecular formula is C28H34N2O2. The van der Waals surface area contributed by atoms with Crippen LogP contribution in [0.3, 0.4) is 0 Å². The Kier molecular flexibility index (Phi) is 5.02. The van der Waals surface area contributed by atoms with Crippen LogP contribution in [0.15, 0.2) is 42.5 Å². The average molecular weight is 431 g/mol. The van der Waals surface area contributed by atoms with Crippen LogP contribution in [0.5, 0.6) is 0 Å². The molecule has 2 bridgehead atoms. The molecule has 1 spiro atoms. The van der Waals surface area contributed by atoms with Crippen LogP contribution >= 0.6 is 0 Å². The Morgan fingerprint density at radius 3 is 2.62 bits per heavy atom. The second-order valence-corrected chi connectivity index (χ2v) is 10.5. The number of nitrogens with one attached hydrogen (secondary N) is 1. The van der Waals surface area contributed by atoms with Crippen molar-refractivity contribution in [1.29, 1.82) is 0 Å². The first kappa shape index (κ1) is 20.3. The maximum absolute atomic E-state index is 13.0. The van der Waals surface area contributed by atoms with Gasteiger partial charge in [-0.2, -0.15) is 0 Å². The van der Waals surface area contributed by atoms with Crippen LogP contribution in [0.25, 0.3) is 11.1 Å². The molecule has 1 amide bonds. The highest BCUT2D eigenvalue weighted by atomic mass is 16.6. The second-order valence-electron chi connectivity index (χ2n) is 10.5. The number of rotatable bonds is 4. The Balaban J connectivity index is 1.22. The van der Waals surface area contributed by atoms with E-state index in [0.717, 1.165) is 51.7 Å². The predicted octanol–water partition coefficient (Wildman–Crippen LogP) is 5.50. The summed E-state index contributed by atoms with van der Waals surface area (Å²) in [5.41, 5.74) is 6.85. The topological polar surface area (TPSA) is 41.6 Å². The predicted molar refractivity (Wildman–Crippen MR) is 127 cm³/mol. The maximum atomic E-state index is 13.0. The number of carbonyl (C=O) groups is 1. The van der Waals surface area contributed by atoms with Crippen LogP contribution in [0.1, 0.15) is 61.8 Å². The minimum atomic E-state index is -0.215. The Hall–Kier alpha value is -2.33. The summed E-state index contributed by atoms with van der Waals surface area (Å²) in [4.78, 5) is 15.4. The fourth-order valence-corrected chi connectivity index (χ4v) is 6.38. The number of carbonyl (C=O) groups excluding carboxylic acids is 1. The Morgan fingerprint density at radius 1 is 1.09 bits per heavy atom. The zero-order chi connectivity index (χ0) is 21.7. The van der Waals surface area contributed by atoms with Gasteiger partial charge in [0.05, 0.1) is 6.04 Å². The lowest BCUT2D eigenvalue weighted by atomic mass is 9.76. The van der Waals surface area contributed by atoms with Crippen LogP contribution in [0, 0.1) is 11.3 Å². The van der Waals surface area contributed by atoms with E-state index in [-0.39, 0.29) is 23.7 Å². The van der Waals surface area contributed by atoms with Gasteiger partial charge in [0.25, 0.3) is 0 Å². The van der Waals surface area contributed by atoms with E-state index >= 15 is 0 Å². The first-order chi connectivity index (χ1) is 15.6. The van der Waals surface area contributed by atoms with Crippen LogP contribution in [-0.4, -0.2) is 36.7 Å². The summed E-state index contributed by atoms with van der Waals surface area (Å²) in [5, 5.41) is 3.33. The van der Waals surface area contributed by atoms with Gasteiger partial charge in [-0.3, -0.25) is 4.90 Å². The maximum Gasteiger partial charge on any atom is 0.407 e. The third-order valence-corrected chi connectivity index (χ3v) is 8.64. The molecule has 2 atom stereocenters. The summed E-state index contributed by atoms with van der Waals surface area (Å²) < 4.78 is 5.99. The van der Waals surface area contributed by atoms with E-state index in [2.05, 4.69) is 59.6 Å². The number of ether oxygens (including phenoxy) is 1. The van der Waals surface area contributed by atoms with E-state index in [1.165, 1.54) is 40.7 Å². The highest BCUT2D eigenvalue weighted by Gasteiger charge is 2.53. The van der Waals surface area contributed by atoms with E-state index in [9.17, 15) is 4.79 Å². The Morgan fingerprint density at radius 2 is 1.91 bits per heavy atom. The molecule has 4 fully saturated rings. The van der Waals surface area contributed by atoms with Crippen molar-refractivity contribution in [3.8, 4) is 11.1 Å². The van der Waals surface area contributed by atoms with Crippen molar-refractivity contribution in [1.82, 2.24) is 10.2 Å². The van der Waals surface area contributed by atoms with Gasteiger partial charge >= 0.3 is 6.09 Å². The molecule has 2 aromatic rings. The summed E-state index contributed by atoms with van der Waals surface area (Å²) in [5.74, 6) is 0.542. The number of benzene rings is 2. The van der Waals surface area contributed by atoms with Crippen LogP contribution in [0.2, 0.25) is 0 Å². The van der Waals surface area contributed by atoms with Gasteiger partial charge in [0.15, 0.2) is 0 Å². The molecule has 1 unspecified atom stereocenters. The molecule has 4 nitrogen and oxygen atoms in total. The van der Waals surface area contributed by atoms with E-state index in [1.807, 2.05) is 0 Å². The number of nitrogens with zero attached hydrogens (tertiary/aromatic N) is 1. The summed E-state index contributed by atoms with van der Waals surface area (Å²) >= 11 is 0. The molecule has 5 aliphatic rings.